The molecule has 2 fully saturated rings. The standard InChI is InChI=1S/C19H27N5O2/c1-14(2)26-16-4-5-17(21-10-16)15(3)11-24-9-8-23-7-6-22(13-20)12-18(23)19(24)25/h4-5,10,14-15,18H,6-9,11-12H2,1-3H3/t15?,18-/m1/s1. The van der Waals surface area contributed by atoms with Gasteiger partial charge in [-0.3, -0.25) is 14.7 Å². The first-order chi connectivity index (χ1) is 12.5. The molecule has 1 amide bonds. The molecule has 140 valence electrons. The van der Waals surface area contributed by atoms with Crippen LogP contribution >= 0.6 is 0 Å². The summed E-state index contributed by atoms with van der Waals surface area (Å²) in [6.45, 7) is 10.3. The Hall–Kier alpha value is -2.33. The maximum atomic E-state index is 12.9. The Morgan fingerprint density at radius 1 is 1.27 bits per heavy atom. The van der Waals surface area contributed by atoms with Crippen molar-refractivity contribution in [3.05, 3.63) is 24.0 Å². The molecule has 2 saturated heterocycles. The molecule has 3 rings (SSSR count). The van der Waals surface area contributed by atoms with E-state index in [1.54, 1.807) is 11.1 Å². The fourth-order valence-corrected chi connectivity index (χ4v) is 3.61. The Labute approximate surface area is 155 Å². The highest BCUT2D eigenvalue weighted by Gasteiger charge is 2.38. The van der Waals surface area contributed by atoms with Crippen molar-refractivity contribution in [1.29, 1.82) is 5.26 Å². The lowest BCUT2D eigenvalue weighted by Crippen LogP contribution is -2.64. The van der Waals surface area contributed by atoms with Crippen molar-refractivity contribution in [3.8, 4) is 11.9 Å². The molecule has 2 atom stereocenters. The summed E-state index contributed by atoms with van der Waals surface area (Å²) in [7, 11) is 0. The molecule has 0 aromatic carbocycles. The average molecular weight is 357 g/mol. The van der Waals surface area contributed by atoms with Crippen LogP contribution in [0.1, 0.15) is 32.4 Å². The second-order valence-corrected chi connectivity index (χ2v) is 7.37. The van der Waals surface area contributed by atoms with Crippen LogP contribution in [0.3, 0.4) is 0 Å². The molecule has 1 aromatic rings. The summed E-state index contributed by atoms with van der Waals surface area (Å²) in [6, 6.07) is 3.71. The van der Waals surface area contributed by atoms with Gasteiger partial charge in [0.1, 0.15) is 11.8 Å². The number of hydrogen-bond donors (Lipinski definition) is 0. The molecule has 2 aliphatic heterocycles. The molecule has 0 radical (unpaired) electrons. The molecule has 1 unspecified atom stereocenters. The Bertz CT molecular complexity index is 670. The van der Waals surface area contributed by atoms with Gasteiger partial charge in [0.25, 0.3) is 0 Å². The zero-order valence-electron chi connectivity index (χ0n) is 15.8. The number of piperazine rings is 2. The van der Waals surface area contributed by atoms with Crippen LogP contribution < -0.4 is 4.74 Å². The van der Waals surface area contributed by atoms with Gasteiger partial charge in [-0.25, -0.2) is 0 Å². The SMILES string of the molecule is CC(C)Oc1ccc(C(C)CN2CCN3CCN(C#N)C[C@@H]3C2=O)nc1. The fourth-order valence-electron chi connectivity index (χ4n) is 3.61. The van der Waals surface area contributed by atoms with Crippen LogP contribution in [0.25, 0.3) is 0 Å². The van der Waals surface area contributed by atoms with Gasteiger partial charge in [0.05, 0.1) is 18.8 Å². The predicted molar refractivity (Wildman–Crippen MR) is 97.5 cm³/mol. The predicted octanol–water partition coefficient (Wildman–Crippen LogP) is 1.28. The fraction of sp³-hybridized carbons (Fsp3) is 0.632. The van der Waals surface area contributed by atoms with Gasteiger partial charge in [-0.2, -0.15) is 5.26 Å². The molecule has 3 heterocycles. The quantitative estimate of drug-likeness (QED) is 0.739. The zero-order chi connectivity index (χ0) is 18.7. The Morgan fingerprint density at radius 2 is 2.04 bits per heavy atom. The highest BCUT2D eigenvalue weighted by molar-refractivity contribution is 5.83. The summed E-state index contributed by atoms with van der Waals surface area (Å²) in [5.74, 6) is 1.04. The van der Waals surface area contributed by atoms with Gasteiger partial charge in [-0.1, -0.05) is 6.92 Å². The Morgan fingerprint density at radius 3 is 2.69 bits per heavy atom. The molecule has 26 heavy (non-hydrogen) atoms. The summed E-state index contributed by atoms with van der Waals surface area (Å²) in [5, 5.41) is 9.12. The minimum absolute atomic E-state index is 0.123. The topological polar surface area (TPSA) is 72.7 Å². The third-order valence-electron chi connectivity index (χ3n) is 5.02. The van der Waals surface area contributed by atoms with E-state index in [4.69, 9.17) is 10.00 Å². The monoisotopic (exact) mass is 357 g/mol. The van der Waals surface area contributed by atoms with Gasteiger partial charge >= 0.3 is 0 Å². The number of ether oxygens (including phenoxy) is 1. The van der Waals surface area contributed by atoms with E-state index in [-0.39, 0.29) is 24.0 Å². The summed E-state index contributed by atoms with van der Waals surface area (Å²) >= 11 is 0. The van der Waals surface area contributed by atoms with Crippen LogP contribution in [0, 0.1) is 11.5 Å². The molecule has 7 nitrogen and oxygen atoms in total. The van der Waals surface area contributed by atoms with Gasteiger partial charge in [-0.05, 0) is 26.0 Å². The molecule has 0 aliphatic carbocycles. The summed E-state index contributed by atoms with van der Waals surface area (Å²) in [4.78, 5) is 23.2. The van der Waals surface area contributed by atoms with Crippen LogP contribution in [0.5, 0.6) is 5.75 Å². The van der Waals surface area contributed by atoms with Crippen molar-refractivity contribution in [1.82, 2.24) is 19.7 Å². The maximum absolute atomic E-state index is 12.9. The molecular weight excluding hydrogens is 330 g/mol. The van der Waals surface area contributed by atoms with Crippen molar-refractivity contribution in [3.63, 3.8) is 0 Å². The summed E-state index contributed by atoms with van der Waals surface area (Å²) in [6.07, 6.45) is 4.04. The van der Waals surface area contributed by atoms with Crippen LogP contribution in [0.15, 0.2) is 18.3 Å². The molecule has 0 bridgehead atoms. The number of aromatic nitrogens is 1. The molecule has 0 saturated carbocycles. The molecular formula is C19H27N5O2. The van der Waals surface area contributed by atoms with E-state index < -0.39 is 0 Å². The number of amides is 1. The van der Waals surface area contributed by atoms with E-state index in [2.05, 4.69) is 23.0 Å². The maximum Gasteiger partial charge on any atom is 0.241 e. The van der Waals surface area contributed by atoms with Crippen LogP contribution in [0.4, 0.5) is 0 Å². The van der Waals surface area contributed by atoms with Crippen molar-refractivity contribution >= 4 is 5.91 Å². The highest BCUT2D eigenvalue weighted by Crippen LogP contribution is 2.22. The van der Waals surface area contributed by atoms with E-state index in [0.717, 1.165) is 31.1 Å². The lowest BCUT2D eigenvalue weighted by Gasteiger charge is -2.45. The Kier molecular flexibility index (Phi) is 5.62. The summed E-state index contributed by atoms with van der Waals surface area (Å²) in [5.41, 5.74) is 0.957. The van der Waals surface area contributed by atoms with Crippen molar-refractivity contribution < 1.29 is 9.53 Å². The van der Waals surface area contributed by atoms with E-state index in [1.807, 2.05) is 30.9 Å². The van der Waals surface area contributed by atoms with Gasteiger partial charge in [-0.15, -0.1) is 0 Å². The number of pyridine rings is 1. The van der Waals surface area contributed by atoms with Crippen molar-refractivity contribution in [2.45, 2.75) is 38.8 Å². The third-order valence-corrected chi connectivity index (χ3v) is 5.02. The highest BCUT2D eigenvalue weighted by atomic mass is 16.5. The largest absolute Gasteiger partial charge is 0.489 e. The third kappa shape index (κ3) is 4.07. The van der Waals surface area contributed by atoms with Gasteiger partial charge in [0.15, 0.2) is 6.19 Å². The number of nitrogens with zero attached hydrogens (tertiary/aromatic N) is 5. The number of fused-ring (bicyclic) bond motifs is 1. The smallest absolute Gasteiger partial charge is 0.241 e. The van der Waals surface area contributed by atoms with E-state index >= 15 is 0 Å². The first kappa shape index (κ1) is 18.5. The Balaban J connectivity index is 1.61. The lowest BCUT2D eigenvalue weighted by molar-refractivity contribution is -0.144. The van der Waals surface area contributed by atoms with Gasteiger partial charge in [0, 0.05) is 44.3 Å². The molecule has 7 heteroatoms. The van der Waals surface area contributed by atoms with Crippen LogP contribution in [-0.2, 0) is 4.79 Å². The number of hydrogen-bond acceptors (Lipinski definition) is 6. The van der Waals surface area contributed by atoms with E-state index in [0.29, 0.717) is 19.6 Å². The molecule has 0 N–H and O–H groups in total. The van der Waals surface area contributed by atoms with Crippen molar-refractivity contribution in [2.24, 2.45) is 0 Å². The zero-order valence-corrected chi connectivity index (χ0v) is 15.8. The lowest BCUT2D eigenvalue weighted by atomic mass is 10.0. The molecule has 1 aromatic heterocycles. The second-order valence-electron chi connectivity index (χ2n) is 7.37. The normalized spacial score (nSPS) is 22.1. The second kappa shape index (κ2) is 7.92. The number of nitriles is 1. The summed E-state index contributed by atoms with van der Waals surface area (Å²) < 4.78 is 5.63. The first-order valence-electron chi connectivity index (χ1n) is 9.28. The first-order valence-corrected chi connectivity index (χ1v) is 9.28. The number of rotatable bonds is 5. The average Bonchev–Trinajstić information content (AvgIpc) is 2.64. The number of carbonyl (C=O) groups excluding carboxylic acids is 1. The van der Waals surface area contributed by atoms with Crippen molar-refractivity contribution in [2.75, 3.05) is 39.3 Å². The molecule has 0 spiro atoms. The van der Waals surface area contributed by atoms with Crippen LogP contribution in [-0.4, -0.2) is 77.0 Å². The van der Waals surface area contributed by atoms with Crippen LogP contribution in [0.2, 0.25) is 0 Å². The minimum Gasteiger partial charge on any atom is -0.489 e. The van der Waals surface area contributed by atoms with Gasteiger partial charge in [0.2, 0.25) is 5.91 Å². The molecule has 2 aliphatic rings. The van der Waals surface area contributed by atoms with E-state index in [1.165, 1.54) is 0 Å². The van der Waals surface area contributed by atoms with E-state index in [9.17, 15) is 4.79 Å². The van der Waals surface area contributed by atoms with Gasteiger partial charge < -0.3 is 14.5 Å². The number of carbonyl (C=O) groups is 1. The minimum atomic E-state index is -0.195.